The van der Waals surface area contributed by atoms with Gasteiger partial charge in [-0.2, -0.15) is 0 Å². The predicted octanol–water partition coefficient (Wildman–Crippen LogP) is 2.47. The summed E-state index contributed by atoms with van der Waals surface area (Å²) in [6.45, 7) is 1.76. The second-order valence-electron chi connectivity index (χ2n) is 8.08. The van der Waals surface area contributed by atoms with E-state index in [1.807, 2.05) is 30.3 Å². The Morgan fingerprint density at radius 1 is 1.25 bits per heavy atom. The minimum absolute atomic E-state index is 0.00781. The first-order valence-corrected chi connectivity index (χ1v) is 10.6. The van der Waals surface area contributed by atoms with E-state index in [1.165, 1.54) is 0 Å². The lowest BCUT2D eigenvalue weighted by Gasteiger charge is -2.43. The zero-order valence-electron chi connectivity index (χ0n) is 17.7. The number of rotatable bonds is 4. The maximum Gasteiger partial charge on any atom is 0.274 e. The largest absolute Gasteiger partial charge is 0.497 e. The standard InChI is InChI=1S/C23H22N4O4S/c1-25-22(29)17-11-26(23(25)32)12-19-20(17)16-9-15(31-2)7-8-18(16)27(19)10-13-3-5-14(6-4-13)21(28)24-30/h3-9,17,30H,10-12H2,1-2H3,(H,24,28). The van der Waals surface area contributed by atoms with Crippen LogP contribution in [-0.4, -0.2) is 57.2 Å². The zero-order chi connectivity index (χ0) is 22.6. The quantitative estimate of drug-likeness (QED) is 0.361. The first kappa shape index (κ1) is 20.5. The van der Waals surface area contributed by atoms with Crippen molar-refractivity contribution in [3.63, 3.8) is 0 Å². The van der Waals surface area contributed by atoms with Gasteiger partial charge in [-0.3, -0.25) is 19.7 Å². The number of benzene rings is 2. The van der Waals surface area contributed by atoms with Crippen molar-refractivity contribution in [2.75, 3.05) is 20.7 Å². The monoisotopic (exact) mass is 450 g/mol. The third kappa shape index (κ3) is 3.04. The van der Waals surface area contributed by atoms with Crippen LogP contribution in [0.3, 0.4) is 0 Å². The highest BCUT2D eigenvalue weighted by Crippen LogP contribution is 2.41. The van der Waals surface area contributed by atoms with Gasteiger partial charge in [0.2, 0.25) is 5.91 Å². The van der Waals surface area contributed by atoms with E-state index in [4.69, 9.17) is 22.2 Å². The molecular weight excluding hydrogens is 428 g/mol. The van der Waals surface area contributed by atoms with Gasteiger partial charge in [-0.15, -0.1) is 0 Å². The molecule has 1 unspecified atom stereocenters. The van der Waals surface area contributed by atoms with Crippen molar-refractivity contribution in [1.29, 1.82) is 0 Å². The molecule has 164 valence electrons. The summed E-state index contributed by atoms with van der Waals surface area (Å²) in [6, 6.07) is 13.0. The summed E-state index contributed by atoms with van der Waals surface area (Å²) in [5, 5.41) is 10.4. The number of hydrogen-bond acceptors (Lipinski definition) is 5. The smallest absolute Gasteiger partial charge is 0.274 e. The molecule has 9 heteroatoms. The molecule has 2 aliphatic rings. The third-order valence-electron chi connectivity index (χ3n) is 6.36. The summed E-state index contributed by atoms with van der Waals surface area (Å²) in [5.74, 6) is -0.0917. The van der Waals surface area contributed by atoms with Gasteiger partial charge in [-0.25, -0.2) is 5.48 Å². The van der Waals surface area contributed by atoms with Crippen LogP contribution in [-0.2, 0) is 17.9 Å². The van der Waals surface area contributed by atoms with E-state index in [1.54, 1.807) is 36.7 Å². The maximum absolute atomic E-state index is 13.1. The van der Waals surface area contributed by atoms with E-state index in [2.05, 4.69) is 9.47 Å². The number of nitrogens with one attached hydrogen (secondary N) is 1. The molecule has 2 amide bonds. The molecule has 2 aliphatic heterocycles. The zero-order valence-corrected chi connectivity index (χ0v) is 18.5. The van der Waals surface area contributed by atoms with E-state index in [-0.39, 0.29) is 11.8 Å². The molecule has 2 aromatic carbocycles. The van der Waals surface area contributed by atoms with E-state index in [9.17, 15) is 9.59 Å². The van der Waals surface area contributed by atoms with Crippen LogP contribution in [0.4, 0.5) is 0 Å². The Balaban J connectivity index is 1.65. The summed E-state index contributed by atoms with van der Waals surface area (Å²) in [7, 11) is 3.37. The Morgan fingerprint density at radius 3 is 2.69 bits per heavy atom. The van der Waals surface area contributed by atoms with Gasteiger partial charge in [0.1, 0.15) is 5.75 Å². The number of nitrogens with zero attached hydrogens (tertiary/aromatic N) is 3. The summed E-state index contributed by atoms with van der Waals surface area (Å²) in [4.78, 5) is 28.4. The highest BCUT2D eigenvalue weighted by Gasteiger charge is 2.43. The van der Waals surface area contributed by atoms with Crippen LogP contribution in [0.2, 0.25) is 0 Å². The average Bonchev–Trinajstić information content (AvgIpc) is 3.13. The lowest BCUT2D eigenvalue weighted by atomic mass is 9.89. The Morgan fingerprint density at radius 2 is 2.00 bits per heavy atom. The molecule has 1 atom stereocenters. The molecule has 2 N–H and O–H groups in total. The van der Waals surface area contributed by atoms with Gasteiger partial charge in [0.25, 0.3) is 5.91 Å². The number of hydrogen-bond donors (Lipinski definition) is 2. The van der Waals surface area contributed by atoms with Gasteiger partial charge in [0.05, 0.1) is 19.6 Å². The van der Waals surface area contributed by atoms with Gasteiger partial charge in [0.15, 0.2) is 5.11 Å². The molecule has 0 aliphatic carbocycles. The fourth-order valence-electron chi connectivity index (χ4n) is 4.73. The molecule has 1 saturated heterocycles. The van der Waals surface area contributed by atoms with Crippen molar-refractivity contribution in [2.24, 2.45) is 0 Å². The number of likely N-dealkylation sites (N-methyl/N-ethyl adjacent to an activating group) is 1. The number of ether oxygens (including phenoxy) is 1. The van der Waals surface area contributed by atoms with E-state index in [0.717, 1.165) is 33.5 Å². The van der Waals surface area contributed by atoms with Crippen LogP contribution in [0.1, 0.15) is 33.1 Å². The Kier molecular flexibility index (Phi) is 4.87. The molecule has 3 aromatic rings. The van der Waals surface area contributed by atoms with Crippen LogP contribution in [0.5, 0.6) is 5.75 Å². The lowest BCUT2D eigenvalue weighted by Crippen LogP contribution is -2.56. The predicted molar refractivity (Wildman–Crippen MR) is 122 cm³/mol. The van der Waals surface area contributed by atoms with Crippen molar-refractivity contribution in [3.05, 3.63) is 64.8 Å². The van der Waals surface area contributed by atoms with Crippen LogP contribution >= 0.6 is 12.2 Å². The molecule has 1 fully saturated rings. The van der Waals surface area contributed by atoms with Crippen molar-refractivity contribution in [3.8, 4) is 5.75 Å². The van der Waals surface area contributed by atoms with Crippen LogP contribution < -0.4 is 10.2 Å². The molecular formula is C23H22N4O4S. The second kappa shape index (κ2) is 7.61. The Bertz CT molecular complexity index is 1270. The van der Waals surface area contributed by atoms with Gasteiger partial charge < -0.3 is 14.2 Å². The van der Waals surface area contributed by atoms with Crippen molar-refractivity contribution in [1.82, 2.24) is 19.8 Å². The fraction of sp³-hybridized carbons (Fsp3) is 0.261. The molecule has 1 aromatic heterocycles. The van der Waals surface area contributed by atoms with Gasteiger partial charge in [0, 0.05) is 42.3 Å². The number of carbonyl (C=O) groups is 2. The number of carbonyl (C=O) groups excluding carboxylic acids is 2. The number of methoxy groups -OCH3 is 1. The highest BCUT2D eigenvalue weighted by atomic mass is 32.1. The summed E-state index contributed by atoms with van der Waals surface area (Å²) < 4.78 is 7.68. The Hall–Kier alpha value is -3.43. The molecule has 2 bridgehead atoms. The van der Waals surface area contributed by atoms with Crippen LogP contribution in [0.25, 0.3) is 10.9 Å². The van der Waals surface area contributed by atoms with Gasteiger partial charge in [-0.1, -0.05) is 12.1 Å². The van der Waals surface area contributed by atoms with Gasteiger partial charge in [-0.05, 0) is 53.7 Å². The minimum atomic E-state index is -0.552. The summed E-state index contributed by atoms with van der Waals surface area (Å²) in [5.41, 5.74) is 6.12. The third-order valence-corrected chi connectivity index (χ3v) is 6.89. The lowest BCUT2D eigenvalue weighted by molar-refractivity contribution is -0.130. The van der Waals surface area contributed by atoms with Gasteiger partial charge >= 0.3 is 0 Å². The van der Waals surface area contributed by atoms with Crippen LogP contribution in [0.15, 0.2) is 42.5 Å². The van der Waals surface area contributed by atoms with Crippen molar-refractivity contribution < 1.29 is 19.5 Å². The number of aromatic nitrogens is 1. The molecule has 0 radical (unpaired) electrons. The minimum Gasteiger partial charge on any atom is -0.497 e. The normalized spacial score (nSPS) is 17.5. The maximum atomic E-state index is 13.1. The topological polar surface area (TPSA) is 87.0 Å². The Labute approximate surface area is 189 Å². The van der Waals surface area contributed by atoms with E-state index < -0.39 is 5.91 Å². The highest BCUT2D eigenvalue weighted by molar-refractivity contribution is 7.80. The first-order valence-electron chi connectivity index (χ1n) is 10.2. The average molecular weight is 451 g/mol. The first-order chi connectivity index (χ1) is 15.4. The molecule has 8 nitrogen and oxygen atoms in total. The van der Waals surface area contributed by atoms with Crippen LogP contribution in [0, 0.1) is 0 Å². The molecule has 3 heterocycles. The molecule has 0 spiro atoms. The number of hydroxylamine groups is 1. The summed E-state index contributed by atoms with van der Waals surface area (Å²) in [6.07, 6.45) is 0. The number of amides is 2. The SMILES string of the molecule is COc1ccc2c(c1)c1c(n2Cc2ccc(C(=O)NO)cc2)CN2CC1C(=O)N(C)C2=S. The van der Waals surface area contributed by atoms with E-state index in [0.29, 0.717) is 30.3 Å². The fourth-order valence-corrected chi connectivity index (χ4v) is 4.96. The second-order valence-corrected chi connectivity index (χ2v) is 8.45. The molecule has 32 heavy (non-hydrogen) atoms. The molecule has 5 rings (SSSR count). The number of fused-ring (bicyclic) bond motifs is 6. The van der Waals surface area contributed by atoms with Crippen molar-refractivity contribution >= 4 is 40.0 Å². The van der Waals surface area contributed by atoms with Crippen molar-refractivity contribution in [2.45, 2.75) is 19.0 Å². The van der Waals surface area contributed by atoms with E-state index >= 15 is 0 Å². The summed E-state index contributed by atoms with van der Waals surface area (Å²) >= 11 is 5.53. The number of thiocarbonyl (C=S) groups is 1. The molecule has 0 saturated carbocycles.